The highest BCUT2D eigenvalue weighted by Crippen LogP contribution is 2.45. The van der Waals surface area contributed by atoms with E-state index >= 15 is 0 Å². The van der Waals surface area contributed by atoms with Crippen LogP contribution in [-0.2, 0) is 9.53 Å². The van der Waals surface area contributed by atoms with E-state index < -0.39 is 0 Å². The van der Waals surface area contributed by atoms with E-state index in [0.717, 1.165) is 12.8 Å². The largest absolute Gasteiger partial charge is 0.462 e. The zero-order valence-electron chi connectivity index (χ0n) is 13.0. The molecule has 0 amide bonds. The molecule has 0 aliphatic heterocycles. The number of carbonyl (C=O) groups excluding carboxylic acids is 1. The lowest BCUT2D eigenvalue weighted by Crippen LogP contribution is -2.37. The number of esters is 1. The minimum absolute atomic E-state index is 0.0894. The molecule has 3 aliphatic rings. The van der Waals surface area contributed by atoms with Crippen molar-refractivity contribution in [2.75, 3.05) is 0 Å². The van der Waals surface area contributed by atoms with Crippen molar-refractivity contribution in [1.29, 1.82) is 0 Å². The van der Waals surface area contributed by atoms with Gasteiger partial charge in [0.15, 0.2) is 0 Å². The summed E-state index contributed by atoms with van der Waals surface area (Å²) in [5.41, 5.74) is 0. The van der Waals surface area contributed by atoms with Crippen molar-refractivity contribution < 1.29 is 9.53 Å². The van der Waals surface area contributed by atoms with E-state index in [1.807, 2.05) is 0 Å². The van der Waals surface area contributed by atoms with Crippen molar-refractivity contribution in [3.05, 3.63) is 12.2 Å². The van der Waals surface area contributed by atoms with Gasteiger partial charge in [-0.1, -0.05) is 39.3 Å². The molecule has 2 nitrogen and oxygen atoms in total. The molecule has 0 heterocycles. The van der Waals surface area contributed by atoms with Crippen molar-refractivity contribution in [3.63, 3.8) is 0 Å². The lowest BCUT2D eigenvalue weighted by molar-refractivity contribution is -0.161. The molecule has 0 saturated heterocycles. The fraction of sp³-hybridized carbons (Fsp3) is 0.833. The van der Waals surface area contributed by atoms with Crippen LogP contribution >= 0.6 is 0 Å². The minimum Gasteiger partial charge on any atom is -0.462 e. The summed E-state index contributed by atoms with van der Waals surface area (Å²) in [6.07, 6.45) is 10.4. The lowest BCUT2D eigenvalue weighted by atomic mass is 9.75. The topological polar surface area (TPSA) is 26.3 Å². The molecule has 112 valence electrons. The Hall–Kier alpha value is -0.790. The van der Waals surface area contributed by atoms with Crippen molar-refractivity contribution in [2.24, 2.45) is 35.5 Å². The molecule has 6 atom stereocenters. The molecule has 3 rings (SSSR count). The monoisotopic (exact) mass is 276 g/mol. The molecular formula is C18H28O2. The normalized spacial score (nSPS) is 43.2. The van der Waals surface area contributed by atoms with Crippen LogP contribution in [0.5, 0.6) is 0 Å². The second-order valence-corrected chi connectivity index (χ2v) is 7.69. The number of fused-ring (bicyclic) bond motifs is 2. The first-order chi connectivity index (χ1) is 9.54. The van der Waals surface area contributed by atoms with Crippen molar-refractivity contribution in [3.8, 4) is 0 Å². The van der Waals surface area contributed by atoms with Gasteiger partial charge < -0.3 is 4.74 Å². The summed E-state index contributed by atoms with van der Waals surface area (Å²) < 4.78 is 6.00. The number of ether oxygens (including phenoxy) is 1. The summed E-state index contributed by atoms with van der Waals surface area (Å²) in [5.74, 6) is 3.21. The van der Waals surface area contributed by atoms with E-state index in [4.69, 9.17) is 4.74 Å². The maximum absolute atomic E-state index is 12.5. The molecule has 20 heavy (non-hydrogen) atoms. The van der Waals surface area contributed by atoms with Crippen LogP contribution in [0.2, 0.25) is 0 Å². The number of allylic oxidation sites excluding steroid dienone is 2. The van der Waals surface area contributed by atoms with Crippen LogP contribution in [0.15, 0.2) is 12.2 Å². The molecule has 2 saturated carbocycles. The Morgan fingerprint density at radius 1 is 1.15 bits per heavy atom. The van der Waals surface area contributed by atoms with Gasteiger partial charge in [0.25, 0.3) is 0 Å². The highest BCUT2D eigenvalue weighted by atomic mass is 16.5. The van der Waals surface area contributed by atoms with Gasteiger partial charge in [0, 0.05) is 0 Å². The van der Waals surface area contributed by atoms with Crippen molar-refractivity contribution >= 4 is 5.97 Å². The maximum Gasteiger partial charge on any atom is 0.309 e. The Morgan fingerprint density at radius 3 is 2.55 bits per heavy atom. The van der Waals surface area contributed by atoms with Crippen LogP contribution in [0.4, 0.5) is 0 Å². The average Bonchev–Trinajstić information content (AvgIpc) is 3.00. The fourth-order valence-corrected chi connectivity index (χ4v) is 4.54. The molecule has 0 spiro atoms. The molecule has 6 unspecified atom stereocenters. The molecular weight excluding hydrogens is 248 g/mol. The smallest absolute Gasteiger partial charge is 0.309 e. The predicted molar refractivity (Wildman–Crippen MR) is 80.1 cm³/mol. The first-order valence-electron chi connectivity index (χ1n) is 8.43. The van der Waals surface area contributed by atoms with Gasteiger partial charge in [-0.15, -0.1) is 0 Å². The number of rotatable bonds is 3. The molecule has 0 aromatic heterocycles. The van der Waals surface area contributed by atoms with Gasteiger partial charge in [-0.3, -0.25) is 4.79 Å². The lowest BCUT2D eigenvalue weighted by Gasteiger charge is -2.37. The third kappa shape index (κ3) is 2.66. The number of hydrogen-bond donors (Lipinski definition) is 0. The maximum atomic E-state index is 12.5. The fourth-order valence-electron chi connectivity index (χ4n) is 4.54. The van der Waals surface area contributed by atoms with E-state index in [2.05, 4.69) is 32.9 Å². The Morgan fingerprint density at radius 2 is 1.95 bits per heavy atom. The van der Waals surface area contributed by atoms with Gasteiger partial charge >= 0.3 is 5.97 Å². The Bertz CT molecular complexity index is 398. The second-order valence-electron chi connectivity index (χ2n) is 7.69. The first kappa shape index (κ1) is 14.2. The van der Waals surface area contributed by atoms with Crippen molar-refractivity contribution in [1.82, 2.24) is 0 Å². The molecule has 0 aromatic carbocycles. The molecule has 2 bridgehead atoms. The highest BCUT2D eigenvalue weighted by Gasteiger charge is 2.42. The highest BCUT2D eigenvalue weighted by molar-refractivity contribution is 5.74. The summed E-state index contributed by atoms with van der Waals surface area (Å²) >= 11 is 0. The molecule has 3 aliphatic carbocycles. The van der Waals surface area contributed by atoms with Crippen LogP contribution in [0.1, 0.15) is 52.9 Å². The zero-order chi connectivity index (χ0) is 14.3. The van der Waals surface area contributed by atoms with E-state index in [-0.39, 0.29) is 18.0 Å². The Balaban J connectivity index is 1.63. The van der Waals surface area contributed by atoms with Crippen LogP contribution < -0.4 is 0 Å². The minimum atomic E-state index is 0.0894. The van der Waals surface area contributed by atoms with Gasteiger partial charge in [0.05, 0.1) is 5.92 Å². The molecule has 0 N–H and O–H groups in total. The predicted octanol–water partition coefficient (Wildman–Crippen LogP) is 4.20. The first-order valence-corrected chi connectivity index (χ1v) is 8.43. The zero-order valence-corrected chi connectivity index (χ0v) is 13.0. The van der Waals surface area contributed by atoms with Gasteiger partial charge in [0.2, 0.25) is 0 Å². The van der Waals surface area contributed by atoms with Crippen LogP contribution in [0.3, 0.4) is 0 Å². The third-order valence-electron chi connectivity index (χ3n) is 5.81. The van der Waals surface area contributed by atoms with Crippen LogP contribution in [0, 0.1) is 35.5 Å². The van der Waals surface area contributed by atoms with Crippen molar-refractivity contribution in [2.45, 2.75) is 59.0 Å². The van der Waals surface area contributed by atoms with Gasteiger partial charge in [-0.25, -0.2) is 0 Å². The number of carbonyl (C=O) groups is 1. The average molecular weight is 276 g/mol. The van der Waals surface area contributed by atoms with Gasteiger partial charge in [0.1, 0.15) is 6.10 Å². The molecule has 2 heteroatoms. The Kier molecular flexibility index (Phi) is 3.92. The van der Waals surface area contributed by atoms with E-state index in [1.54, 1.807) is 0 Å². The SMILES string of the molecule is CC1CCC(C(C)C)C(OC(=O)C2CC3C=CC2C3)C1. The quantitative estimate of drug-likeness (QED) is 0.570. The van der Waals surface area contributed by atoms with E-state index in [0.29, 0.717) is 29.6 Å². The summed E-state index contributed by atoms with van der Waals surface area (Å²) in [6, 6.07) is 0. The third-order valence-corrected chi connectivity index (χ3v) is 5.81. The van der Waals surface area contributed by atoms with Crippen LogP contribution in [-0.4, -0.2) is 12.1 Å². The second kappa shape index (κ2) is 5.54. The molecule has 0 aromatic rings. The summed E-state index contributed by atoms with van der Waals surface area (Å²) in [5, 5.41) is 0. The van der Waals surface area contributed by atoms with E-state index in [1.165, 1.54) is 19.3 Å². The van der Waals surface area contributed by atoms with Gasteiger partial charge in [-0.2, -0.15) is 0 Å². The summed E-state index contributed by atoms with van der Waals surface area (Å²) in [4.78, 5) is 12.5. The summed E-state index contributed by atoms with van der Waals surface area (Å²) in [7, 11) is 0. The number of hydrogen-bond acceptors (Lipinski definition) is 2. The molecule has 2 fully saturated rings. The van der Waals surface area contributed by atoms with Gasteiger partial charge in [-0.05, 0) is 55.3 Å². The van der Waals surface area contributed by atoms with E-state index in [9.17, 15) is 4.79 Å². The molecule has 0 radical (unpaired) electrons. The standard InChI is InChI=1S/C18H28O2/c1-11(2)15-7-4-12(3)8-17(15)20-18(19)16-10-13-5-6-14(16)9-13/h5-6,11-17H,4,7-10H2,1-3H3. The van der Waals surface area contributed by atoms with Crippen LogP contribution in [0.25, 0.3) is 0 Å². The summed E-state index contributed by atoms with van der Waals surface area (Å²) in [6.45, 7) is 6.82. The Labute approximate surface area is 123 Å².